The average Bonchev–Trinajstić information content (AvgIpc) is 2.82. The summed E-state index contributed by atoms with van der Waals surface area (Å²) >= 11 is 0. The van der Waals surface area contributed by atoms with Crippen molar-refractivity contribution in [3.63, 3.8) is 0 Å². The zero-order valence-corrected chi connectivity index (χ0v) is 11.2. The van der Waals surface area contributed by atoms with Gasteiger partial charge in [-0.25, -0.2) is 4.79 Å². The van der Waals surface area contributed by atoms with Gasteiger partial charge in [0.1, 0.15) is 18.1 Å². The molecule has 1 aromatic rings. The summed E-state index contributed by atoms with van der Waals surface area (Å²) < 4.78 is 6.64. The Kier molecular flexibility index (Phi) is 4.70. The van der Waals surface area contributed by atoms with E-state index in [4.69, 9.17) is 20.8 Å². The van der Waals surface area contributed by atoms with E-state index in [2.05, 4.69) is 4.98 Å². The van der Waals surface area contributed by atoms with E-state index in [0.717, 1.165) is 0 Å². The van der Waals surface area contributed by atoms with Crippen molar-refractivity contribution in [2.24, 2.45) is 0 Å². The molecule has 1 saturated heterocycles. The monoisotopic (exact) mass is 292 g/mol. The molecule has 3 atom stereocenters. The number of nitrogens with zero attached hydrogens (tertiary/aromatic N) is 3. The molecule has 4 N–H and O–H groups in total. The Labute approximate surface area is 120 Å². The first-order chi connectivity index (χ1) is 10.1. The molecule has 0 aromatic carbocycles. The number of aliphatic hydroxyl groups is 2. The molecular formula is C13H16N4O4. The van der Waals surface area contributed by atoms with Crippen molar-refractivity contribution >= 4 is 11.9 Å². The Hall–Kier alpha value is -2.21. The molecule has 8 nitrogen and oxygen atoms in total. The summed E-state index contributed by atoms with van der Waals surface area (Å²) in [5.41, 5.74) is 5.55. The number of nitrogen functional groups attached to an aromatic ring is 1. The van der Waals surface area contributed by atoms with E-state index in [1.54, 1.807) is 12.2 Å². The van der Waals surface area contributed by atoms with Crippen molar-refractivity contribution < 1.29 is 14.9 Å². The van der Waals surface area contributed by atoms with Crippen LogP contribution in [0.25, 0.3) is 6.08 Å². The maximum Gasteiger partial charge on any atom is 0.351 e. The SMILES string of the molecule is N#CC/C=C/c1cn([C@H]2C[C@H](O)[C@@H](CO)O2)c(=O)nc1N. The Balaban J connectivity index is 2.30. The molecule has 1 aliphatic rings. The average molecular weight is 292 g/mol. The van der Waals surface area contributed by atoms with Crippen LogP contribution in [0.3, 0.4) is 0 Å². The Bertz CT molecular complexity index is 634. The van der Waals surface area contributed by atoms with E-state index in [9.17, 15) is 9.90 Å². The fourth-order valence-electron chi connectivity index (χ4n) is 2.12. The number of allylic oxidation sites excluding steroid dienone is 1. The van der Waals surface area contributed by atoms with Gasteiger partial charge in [-0.2, -0.15) is 10.2 Å². The highest BCUT2D eigenvalue weighted by atomic mass is 16.5. The molecule has 1 aromatic heterocycles. The molecule has 0 unspecified atom stereocenters. The Morgan fingerprint density at radius 3 is 3.05 bits per heavy atom. The van der Waals surface area contributed by atoms with E-state index in [-0.39, 0.29) is 25.3 Å². The first-order valence-corrected chi connectivity index (χ1v) is 6.43. The van der Waals surface area contributed by atoms with Gasteiger partial charge in [-0.05, 0) is 0 Å². The number of nitrogens with two attached hydrogens (primary N) is 1. The van der Waals surface area contributed by atoms with Crippen LogP contribution < -0.4 is 11.4 Å². The van der Waals surface area contributed by atoms with Crippen LogP contribution in [0.1, 0.15) is 24.6 Å². The van der Waals surface area contributed by atoms with Crippen LogP contribution in [0.5, 0.6) is 0 Å². The third kappa shape index (κ3) is 3.28. The van der Waals surface area contributed by atoms with Gasteiger partial charge in [0.2, 0.25) is 0 Å². The minimum Gasteiger partial charge on any atom is -0.394 e. The number of ether oxygens (including phenoxy) is 1. The second kappa shape index (κ2) is 6.49. The van der Waals surface area contributed by atoms with Gasteiger partial charge in [0.25, 0.3) is 0 Å². The van der Waals surface area contributed by atoms with Crippen LogP contribution in [0.2, 0.25) is 0 Å². The van der Waals surface area contributed by atoms with Crippen LogP contribution in [0.15, 0.2) is 17.1 Å². The fourth-order valence-corrected chi connectivity index (χ4v) is 2.12. The smallest absolute Gasteiger partial charge is 0.351 e. The largest absolute Gasteiger partial charge is 0.394 e. The summed E-state index contributed by atoms with van der Waals surface area (Å²) in [6.45, 7) is -0.330. The number of nitriles is 1. The molecule has 112 valence electrons. The van der Waals surface area contributed by atoms with Gasteiger partial charge in [-0.1, -0.05) is 12.2 Å². The van der Waals surface area contributed by atoms with Crippen LogP contribution in [-0.2, 0) is 4.74 Å². The number of aliphatic hydroxyl groups excluding tert-OH is 2. The van der Waals surface area contributed by atoms with Crippen molar-refractivity contribution in [3.8, 4) is 6.07 Å². The molecule has 0 aliphatic carbocycles. The molecule has 0 bridgehead atoms. The quantitative estimate of drug-likeness (QED) is 0.674. The normalized spacial score (nSPS) is 25.3. The molecule has 0 spiro atoms. The highest BCUT2D eigenvalue weighted by molar-refractivity contribution is 5.59. The summed E-state index contributed by atoms with van der Waals surface area (Å²) in [7, 11) is 0. The zero-order valence-electron chi connectivity index (χ0n) is 11.2. The maximum atomic E-state index is 11.9. The molecule has 1 fully saturated rings. The van der Waals surface area contributed by atoms with Gasteiger partial charge in [0.15, 0.2) is 0 Å². The molecule has 2 rings (SSSR count). The Morgan fingerprint density at radius 2 is 2.43 bits per heavy atom. The van der Waals surface area contributed by atoms with Gasteiger partial charge in [-0.3, -0.25) is 4.57 Å². The van der Waals surface area contributed by atoms with Gasteiger partial charge in [0.05, 0.1) is 25.2 Å². The highest BCUT2D eigenvalue weighted by Gasteiger charge is 2.35. The standard InChI is InChI=1S/C13H16N4O4/c14-4-2-1-3-8-6-17(13(20)16-12(8)15)11-5-9(19)10(7-18)21-11/h1,3,6,9-11,18-19H,2,5,7H2,(H2,15,16,20)/b3-1+/t9-,10+,11+/m0/s1. The molecule has 8 heteroatoms. The molecule has 2 heterocycles. The summed E-state index contributed by atoms with van der Waals surface area (Å²) in [4.78, 5) is 15.6. The van der Waals surface area contributed by atoms with Crippen molar-refractivity contribution in [1.82, 2.24) is 9.55 Å². The van der Waals surface area contributed by atoms with E-state index in [1.165, 1.54) is 10.8 Å². The molecule has 0 amide bonds. The highest BCUT2D eigenvalue weighted by Crippen LogP contribution is 2.27. The first kappa shape index (κ1) is 15.2. The van der Waals surface area contributed by atoms with E-state index in [0.29, 0.717) is 5.56 Å². The molecule has 0 saturated carbocycles. The molecule has 1 aliphatic heterocycles. The van der Waals surface area contributed by atoms with Crippen LogP contribution in [0.4, 0.5) is 5.82 Å². The number of hydrogen-bond acceptors (Lipinski definition) is 7. The van der Waals surface area contributed by atoms with Crippen molar-refractivity contribution in [1.29, 1.82) is 5.26 Å². The number of rotatable bonds is 4. The van der Waals surface area contributed by atoms with Crippen molar-refractivity contribution in [3.05, 3.63) is 28.3 Å². The number of hydrogen-bond donors (Lipinski definition) is 3. The number of aromatic nitrogens is 2. The van der Waals surface area contributed by atoms with Crippen LogP contribution in [-0.4, -0.2) is 38.6 Å². The van der Waals surface area contributed by atoms with E-state index >= 15 is 0 Å². The molecule has 0 radical (unpaired) electrons. The van der Waals surface area contributed by atoms with E-state index in [1.807, 2.05) is 6.07 Å². The summed E-state index contributed by atoms with van der Waals surface area (Å²) in [6, 6.07) is 1.96. The minimum atomic E-state index is -0.845. The Morgan fingerprint density at radius 1 is 1.67 bits per heavy atom. The van der Waals surface area contributed by atoms with Gasteiger partial charge >= 0.3 is 5.69 Å². The molecular weight excluding hydrogens is 276 g/mol. The lowest BCUT2D eigenvalue weighted by molar-refractivity contribution is -0.0458. The second-order valence-electron chi connectivity index (χ2n) is 4.65. The predicted molar refractivity (Wildman–Crippen MR) is 73.8 cm³/mol. The lowest BCUT2D eigenvalue weighted by Crippen LogP contribution is -2.28. The third-order valence-electron chi connectivity index (χ3n) is 3.21. The van der Waals surface area contributed by atoms with Crippen LogP contribution >= 0.6 is 0 Å². The first-order valence-electron chi connectivity index (χ1n) is 6.43. The van der Waals surface area contributed by atoms with Gasteiger partial charge in [0, 0.05) is 18.2 Å². The van der Waals surface area contributed by atoms with Crippen molar-refractivity contribution in [2.45, 2.75) is 31.3 Å². The lowest BCUT2D eigenvalue weighted by atomic mass is 10.2. The lowest BCUT2D eigenvalue weighted by Gasteiger charge is -2.15. The minimum absolute atomic E-state index is 0.0580. The zero-order chi connectivity index (χ0) is 15.4. The fraction of sp³-hybridized carbons (Fsp3) is 0.462. The van der Waals surface area contributed by atoms with Crippen LogP contribution in [0, 0.1) is 11.3 Å². The summed E-state index contributed by atoms with van der Waals surface area (Å²) in [5, 5.41) is 27.3. The van der Waals surface area contributed by atoms with Gasteiger partial charge < -0.3 is 20.7 Å². The maximum absolute atomic E-state index is 11.9. The topological polar surface area (TPSA) is 134 Å². The number of anilines is 1. The summed E-state index contributed by atoms with van der Waals surface area (Å²) in [6.07, 6.45) is 2.77. The van der Waals surface area contributed by atoms with E-state index < -0.39 is 24.1 Å². The third-order valence-corrected chi connectivity index (χ3v) is 3.21. The predicted octanol–water partition coefficient (Wildman–Crippen LogP) is -0.607. The van der Waals surface area contributed by atoms with Crippen molar-refractivity contribution in [2.75, 3.05) is 12.3 Å². The summed E-state index contributed by atoms with van der Waals surface area (Å²) in [5.74, 6) is 0.0580. The van der Waals surface area contributed by atoms with Gasteiger partial charge in [-0.15, -0.1) is 0 Å². The second-order valence-corrected chi connectivity index (χ2v) is 4.65. The molecule has 21 heavy (non-hydrogen) atoms.